The molecule has 0 spiro atoms. The highest BCUT2D eigenvalue weighted by Gasteiger charge is 2.17. The third kappa shape index (κ3) is 6.39. The van der Waals surface area contributed by atoms with Crippen LogP contribution in [0.1, 0.15) is 12.5 Å². The third-order valence-electron chi connectivity index (χ3n) is 4.55. The van der Waals surface area contributed by atoms with Crippen molar-refractivity contribution in [2.75, 3.05) is 31.8 Å². The Balaban J connectivity index is 1.59. The normalized spacial score (nSPS) is 11.2. The van der Waals surface area contributed by atoms with Gasteiger partial charge < -0.3 is 9.64 Å². The molecule has 3 aromatic rings. The fourth-order valence-electron chi connectivity index (χ4n) is 2.98. The first kappa shape index (κ1) is 24.4. The summed E-state index contributed by atoms with van der Waals surface area (Å²) in [5.74, 6) is 0.988. The predicted molar refractivity (Wildman–Crippen MR) is 133 cm³/mol. The van der Waals surface area contributed by atoms with Crippen molar-refractivity contribution in [3.63, 3.8) is 0 Å². The summed E-state index contributed by atoms with van der Waals surface area (Å²) >= 11 is 2.57. The monoisotopic (exact) mass is 485 g/mol. The van der Waals surface area contributed by atoms with E-state index in [1.54, 1.807) is 26.3 Å². The van der Waals surface area contributed by atoms with Gasteiger partial charge in [-0.15, -0.1) is 10.2 Å². The van der Waals surface area contributed by atoms with Gasteiger partial charge in [-0.3, -0.25) is 15.1 Å². The minimum absolute atomic E-state index is 0.143. The maximum absolute atomic E-state index is 13.3. The number of nitrogens with zero attached hydrogens (tertiary/aromatic N) is 4. The molecule has 0 radical (unpaired) electrons. The van der Waals surface area contributed by atoms with Gasteiger partial charge in [-0.2, -0.15) is 0 Å². The van der Waals surface area contributed by atoms with E-state index in [9.17, 15) is 9.18 Å². The van der Waals surface area contributed by atoms with Crippen molar-refractivity contribution in [1.82, 2.24) is 15.1 Å². The lowest BCUT2D eigenvalue weighted by molar-refractivity contribution is -0.113. The second kappa shape index (κ2) is 11.6. The summed E-state index contributed by atoms with van der Waals surface area (Å²) in [5, 5.41) is 12.7. The van der Waals surface area contributed by atoms with Crippen molar-refractivity contribution in [1.29, 1.82) is 0 Å². The average molecular weight is 486 g/mol. The highest BCUT2D eigenvalue weighted by Crippen LogP contribution is 2.29. The van der Waals surface area contributed by atoms with Crippen LogP contribution in [0.4, 0.5) is 9.52 Å². The number of carbonyl (C=O) groups is 1. The zero-order valence-corrected chi connectivity index (χ0v) is 20.2. The summed E-state index contributed by atoms with van der Waals surface area (Å²) in [5.41, 5.74) is 1.63. The van der Waals surface area contributed by atoms with Crippen LogP contribution in [0.25, 0.3) is 10.6 Å². The number of ether oxygens (including phenoxy) is 1. The van der Waals surface area contributed by atoms with Gasteiger partial charge in [0.2, 0.25) is 11.0 Å². The van der Waals surface area contributed by atoms with Crippen molar-refractivity contribution in [3.05, 3.63) is 71.5 Å². The number of hydrogen-bond donors (Lipinski definition) is 1. The van der Waals surface area contributed by atoms with Crippen LogP contribution in [0.15, 0.2) is 65.1 Å². The van der Waals surface area contributed by atoms with Crippen LogP contribution in [-0.2, 0) is 4.79 Å². The molecule has 0 atom stereocenters. The van der Waals surface area contributed by atoms with Crippen molar-refractivity contribution in [3.8, 4) is 16.3 Å². The fraction of sp³-hybridized carbons (Fsp3) is 0.217. The molecule has 0 saturated carbocycles. The summed E-state index contributed by atoms with van der Waals surface area (Å²) in [4.78, 5) is 18.7. The van der Waals surface area contributed by atoms with Crippen LogP contribution < -0.4 is 10.1 Å². The molecule has 0 bridgehead atoms. The summed E-state index contributed by atoms with van der Waals surface area (Å²) in [6.45, 7) is 6.65. The minimum atomic E-state index is -0.312. The van der Waals surface area contributed by atoms with Gasteiger partial charge >= 0.3 is 0 Å². The van der Waals surface area contributed by atoms with Crippen LogP contribution in [0.5, 0.6) is 5.75 Å². The molecule has 3 rings (SSSR count). The summed E-state index contributed by atoms with van der Waals surface area (Å²) < 4.78 is 18.5. The Morgan fingerprint density at radius 3 is 2.70 bits per heavy atom. The van der Waals surface area contributed by atoms with E-state index in [1.807, 2.05) is 36.1 Å². The molecule has 2 aromatic carbocycles. The Hall–Kier alpha value is -3.24. The van der Waals surface area contributed by atoms with E-state index in [2.05, 4.69) is 27.1 Å². The third-order valence-corrected chi connectivity index (χ3v) is 6.39. The minimum Gasteiger partial charge on any atom is -0.497 e. The van der Waals surface area contributed by atoms with Gasteiger partial charge in [0.05, 0.1) is 17.9 Å². The molecule has 7 nitrogen and oxygen atoms in total. The molecular weight excluding hydrogens is 461 g/mol. The number of rotatable bonds is 9. The molecule has 1 heterocycles. The summed E-state index contributed by atoms with van der Waals surface area (Å²) in [6, 6.07) is 13.6. The average Bonchev–Trinajstić information content (AvgIpc) is 3.30. The number of anilines is 1. The number of amidine groups is 1. The molecule has 33 heavy (non-hydrogen) atoms. The number of thioether (sulfide) groups is 1. The number of methoxy groups -OCH3 is 1. The number of hydrogen-bond acceptors (Lipinski definition) is 7. The number of aromatic nitrogens is 2. The largest absolute Gasteiger partial charge is 0.497 e. The van der Waals surface area contributed by atoms with E-state index >= 15 is 0 Å². The topological polar surface area (TPSA) is 79.7 Å². The molecule has 1 N–H and O–H groups in total. The molecular formula is C23H24FN5O2S2. The van der Waals surface area contributed by atoms with E-state index in [-0.39, 0.29) is 17.5 Å². The quantitative estimate of drug-likeness (QED) is 0.343. The number of aliphatic imine (C=N–C) groups is 1. The van der Waals surface area contributed by atoms with E-state index in [4.69, 9.17) is 4.74 Å². The molecule has 1 amide bonds. The summed E-state index contributed by atoms with van der Waals surface area (Å²) in [7, 11) is 3.27. The van der Waals surface area contributed by atoms with Crippen LogP contribution in [0.2, 0.25) is 0 Å². The molecule has 0 saturated heterocycles. The van der Waals surface area contributed by atoms with Crippen LogP contribution in [-0.4, -0.2) is 53.3 Å². The fourth-order valence-corrected chi connectivity index (χ4v) is 4.47. The molecule has 0 aliphatic rings. The first-order valence-electron chi connectivity index (χ1n) is 10.0. The lowest BCUT2D eigenvalue weighted by atomic mass is 10.2. The van der Waals surface area contributed by atoms with Gasteiger partial charge in [0.25, 0.3) is 0 Å². The zero-order chi connectivity index (χ0) is 23.8. The van der Waals surface area contributed by atoms with Crippen molar-refractivity contribution in [2.45, 2.75) is 6.92 Å². The Labute approximate surface area is 200 Å². The zero-order valence-electron chi connectivity index (χ0n) is 18.5. The van der Waals surface area contributed by atoms with E-state index < -0.39 is 0 Å². The highest BCUT2D eigenvalue weighted by molar-refractivity contribution is 8.03. The maximum atomic E-state index is 13.3. The van der Waals surface area contributed by atoms with Gasteiger partial charge in [-0.05, 0) is 43.3 Å². The SMILES string of the molecule is C=C(SCC(=O)Nc1nnc(-c2cccc(OC)c2)s1)N(CC)C(=NC)c1ccc(F)cc1. The Morgan fingerprint density at radius 1 is 1.27 bits per heavy atom. The molecule has 10 heteroatoms. The second-order valence-electron chi connectivity index (χ2n) is 6.67. The number of halogens is 1. The van der Waals surface area contributed by atoms with E-state index in [0.29, 0.717) is 27.5 Å². The van der Waals surface area contributed by atoms with Crippen LogP contribution in [0, 0.1) is 5.82 Å². The molecule has 0 fully saturated rings. The van der Waals surface area contributed by atoms with Crippen LogP contribution >= 0.6 is 23.1 Å². The Kier molecular flexibility index (Phi) is 8.56. The summed E-state index contributed by atoms with van der Waals surface area (Å²) in [6.07, 6.45) is 0. The molecule has 0 aliphatic carbocycles. The van der Waals surface area contributed by atoms with Gasteiger partial charge in [-0.1, -0.05) is 41.8 Å². The number of nitrogens with one attached hydrogen (secondary N) is 1. The Morgan fingerprint density at radius 2 is 2.03 bits per heavy atom. The van der Waals surface area contributed by atoms with Gasteiger partial charge in [0.1, 0.15) is 22.4 Å². The predicted octanol–water partition coefficient (Wildman–Crippen LogP) is 4.89. The van der Waals surface area contributed by atoms with Gasteiger partial charge in [-0.25, -0.2) is 4.39 Å². The Bertz CT molecular complexity index is 1150. The number of carbonyl (C=O) groups excluding carboxylic acids is 1. The van der Waals surface area contributed by atoms with E-state index in [0.717, 1.165) is 16.9 Å². The van der Waals surface area contributed by atoms with Gasteiger partial charge in [0.15, 0.2) is 0 Å². The second-order valence-corrected chi connectivity index (χ2v) is 8.70. The molecule has 0 aliphatic heterocycles. The molecule has 1 aromatic heterocycles. The first-order valence-corrected chi connectivity index (χ1v) is 11.8. The standard InChI is InChI=1S/C23H24FN5O2S2/c1-5-29(21(25-3)16-9-11-18(24)12-10-16)15(2)32-14-20(30)26-23-28-27-22(33-23)17-7-6-8-19(13-17)31-4/h6-13H,2,5,14H2,1,3-4H3,(H,26,28,30). The first-order chi connectivity index (χ1) is 15.9. The maximum Gasteiger partial charge on any atom is 0.236 e. The van der Waals surface area contributed by atoms with Crippen molar-refractivity contribution in [2.24, 2.45) is 4.99 Å². The number of amides is 1. The van der Waals surface area contributed by atoms with E-state index in [1.165, 1.54) is 35.2 Å². The smallest absolute Gasteiger partial charge is 0.236 e. The molecule has 0 unspecified atom stereocenters. The lowest BCUT2D eigenvalue weighted by Crippen LogP contribution is -2.30. The number of benzene rings is 2. The molecule has 172 valence electrons. The van der Waals surface area contributed by atoms with Crippen LogP contribution in [0.3, 0.4) is 0 Å². The van der Waals surface area contributed by atoms with Crippen molar-refractivity contribution < 1.29 is 13.9 Å². The lowest BCUT2D eigenvalue weighted by Gasteiger charge is -2.26. The van der Waals surface area contributed by atoms with Gasteiger partial charge in [0, 0.05) is 24.7 Å². The highest BCUT2D eigenvalue weighted by atomic mass is 32.2. The van der Waals surface area contributed by atoms with Crippen molar-refractivity contribution >= 4 is 40.0 Å².